The normalized spacial score (nSPS) is 22.1. The van der Waals surface area contributed by atoms with Crippen molar-refractivity contribution >= 4 is 37.8 Å². The number of esters is 1. The van der Waals surface area contributed by atoms with Crippen molar-refractivity contribution in [3.8, 4) is 0 Å². The van der Waals surface area contributed by atoms with Crippen molar-refractivity contribution in [2.45, 2.75) is 33.8 Å². The van der Waals surface area contributed by atoms with E-state index in [0.29, 0.717) is 17.9 Å². The van der Waals surface area contributed by atoms with Crippen LogP contribution < -0.4 is 0 Å². The molecule has 0 radical (unpaired) electrons. The zero-order chi connectivity index (χ0) is 13.2. The summed E-state index contributed by atoms with van der Waals surface area (Å²) in [6, 6.07) is 0. The average Bonchev–Trinajstić information content (AvgIpc) is 2.36. The molecule has 0 aliphatic carbocycles. The summed E-state index contributed by atoms with van der Waals surface area (Å²) in [5, 5.41) is 0. The van der Waals surface area contributed by atoms with Gasteiger partial charge in [-0.15, -0.1) is 0 Å². The molecule has 1 heterocycles. The standard InChI is InChI=1S/C12H16Br2O3/c1-5-16-11(15)10-7(2)17-8(6-9(13)14)12(10,3)4/h6,8H,5H2,1-4H3. The molecule has 1 atom stereocenters. The van der Waals surface area contributed by atoms with E-state index in [0.717, 1.165) is 3.39 Å². The van der Waals surface area contributed by atoms with E-state index in [-0.39, 0.29) is 12.1 Å². The first-order valence-corrected chi connectivity index (χ1v) is 6.97. The number of hydrogen-bond acceptors (Lipinski definition) is 3. The maximum atomic E-state index is 11.9. The third-order valence-electron chi connectivity index (χ3n) is 2.77. The molecule has 96 valence electrons. The monoisotopic (exact) mass is 366 g/mol. The van der Waals surface area contributed by atoms with E-state index in [2.05, 4.69) is 31.9 Å². The van der Waals surface area contributed by atoms with Gasteiger partial charge in [0.05, 0.1) is 15.6 Å². The lowest BCUT2D eigenvalue weighted by atomic mass is 9.80. The van der Waals surface area contributed by atoms with Gasteiger partial charge in [0.15, 0.2) is 0 Å². The molecule has 0 aromatic carbocycles. The Labute approximate surface area is 118 Å². The Morgan fingerprint density at radius 3 is 2.59 bits per heavy atom. The zero-order valence-electron chi connectivity index (χ0n) is 10.3. The molecule has 3 nitrogen and oxygen atoms in total. The maximum Gasteiger partial charge on any atom is 0.338 e. The second-order valence-corrected chi connectivity index (χ2v) is 7.14. The van der Waals surface area contributed by atoms with Crippen LogP contribution in [-0.2, 0) is 14.3 Å². The molecule has 0 fully saturated rings. The van der Waals surface area contributed by atoms with Crippen molar-refractivity contribution in [2.24, 2.45) is 5.41 Å². The van der Waals surface area contributed by atoms with Crippen molar-refractivity contribution in [3.63, 3.8) is 0 Å². The number of rotatable bonds is 3. The summed E-state index contributed by atoms with van der Waals surface area (Å²) < 4.78 is 11.6. The molecule has 0 aromatic rings. The number of allylic oxidation sites excluding steroid dienone is 1. The Bertz CT molecular complexity index is 379. The van der Waals surface area contributed by atoms with Gasteiger partial charge in [-0.1, -0.05) is 13.8 Å². The number of carbonyl (C=O) groups excluding carboxylic acids is 1. The number of carbonyl (C=O) groups is 1. The van der Waals surface area contributed by atoms with E-state index in [4.69, 9.17) is 9.47 Å². The molecule has 1 rings (SSSR count). The second kappa shape index (κ2) is 5.57. The van der Waals surface area contributed by atoms with Gasteiger partial charge in [0.1, 0.15) is 11.9 Å². The van der Waals surface area contributed by atoms with E-state index in [1.165, 1.54) is 0 Å². The Balaban J connectivity index is 3.03. The average molecular weight is 368 g/mol. The highest BCUT2D eigenvalue weighted by atomic mass is 79.9. The van der Waals surface area contributed by atoms with Gasteiger partial charge in [0.25, 0.3) is 0 Å². The van der Waals surface area contributed by atoms with Crippen molar-refractivity contribution in [1.82, 2.24) is 0 Å². The Hall–Kier alpha value is -0.290. The highest BCUT2D eigenvalue weighted by molar-refractivity contribution is 9.28. The van der Waals surface area contributed by atoms with Gasteiger partial charge in [-0.2, -0.15) is 0 Å². The van der Waals surface area contributed by atoms with Crippen LogP contribution in [0.3, 0.4) is 0 Å². The summed E-state index contributed by atoms with van der Waals surface area (Å²) in [6.07, 6.45) is 1.70. The lowest BCUT2D eigenvalue weighted by Crippen LogP contribution is -2.29. The topological polar surface area (TPSA) is 35.5 Å². The van der Waals surface area contributed by atoms with Crippen LogP contribution in [0.4, 0.5) is 0 Å². The summed E-state index contributed by atoms with van der Waals surface area (Å²) in [5.74, 6) is 0.340. The minimum atomic E-state index is -0.400. The van der Waals surface area contributed by atoms with Crippen LogP contribution in [0, 0.1) is 5.41 Å². The first-order valence-electron chi connectivity index (χ1n) is 5.38. The molecule has 17 heavy (non-hydrogen) atoms. The fraction of sp³-hybridized carbons (Fsp3) is 0.583. The van der Waals surface area contributed by atoms with Crippen molar-refractivity contribution in [2.75, 3.05) is 6.61 Å². The molecule has 0 N–H and O–H groups in total. The third-order valence-corrected chi connectivity index (χ3v) is 3.30. The van der Waals surface area contributed by atoms with Crippen LogP contribution in [0.25, 0.3) is 0 Å². The van der Waals surface area contributed by atoms with Gasteiger partial charge >= 0.3 is 5.97 Å². The third kappa shape index (κ3) is 3.13. The first kappa shape index (κ1) is 14.8. The quantitative estimate of drug-likeness (QED) is 0.710. The molecule has 0 aromatic heterocycles. The minimum Gasteiger partial charge on any atom is -0.489 e. The number of halogens is 2. The van der Waals surface area contributed by atoms with Crippen LogP contribution in [0.15, 0.2) is 20.8 Å². The second-order valence-electron chi connectivity index (χ2n) is 4.37. The van der Waals surface area contributed by atoms with Gasteiger partial charge in [-0.3, -0.25) is 0 Å². The van der Waals surface area contributed by atoms with Crippen molar-refractivity contribution in [1.29, 1.82) is 0 Å². The van der Waals surface area contributed by atoms with Crippen molar-refractivity contribution < 1.29 is 14.3 Å². The summed E-state index contributed by atoms with van der Waals surface area (Å²) >= 11 is 6.61. The largest absolute Gasteiger partial charge is 0.489 e. The van der Waals surface area contributed by atoms with Crippen LogP contribution in [0.2, 0.25) is 0 Å². The van der Waals surface area contributed by atoms with Crippen LogP contribution >= 0.6 is 31.9 Å². The zero-order valence-corrected chi connectivity index (χ0v) is 13.5. The molecular weight excluding hydrogens is 352 g/mol. The molecule has 0 bridgehead atoms. The predicted molar refractivity (Wildman–Crippen MR) is 73.9 cm³/mol. The molecule has 0 saturated heterocycles. The highest BCUT2D eigenvalue weighted by Gasteiger charge is 2.45. The molecule has 1 aliphatic heterocycles. The summed E-state index contributed by atoms with van der Waals surface area (Å²) in [4.78, 5) is 11.9. The van der Waals surface area contributed by atoms with Gasteiger partial charge in [-0.05, 0) is 51.8 Å². The minimum absolute atomic E-state index is 0.185. The Kier molecular flexibility index (Phi) is 4.84. The SMILES string of the molecule is CCOC(=O)C1=C(C)OC(C=C(Br)Br)C1(C)C. The summed E-state index contributed by atoms with van der Waals surface area (Å²) in [5.41, 5.74) is 0.213. The van der Waals surface area contributed by atoms with E-state index in [9.17, 15) is 4.79 Å². The highest BCUT2D eigenvalue weighted by Crippen LogP contribution is 2.43. The predicted octanol–water partition coefficient (Wildman–Crippen LogP) is 3.88. The maximum absolute atomic E-state index is 11.9. The van der Waals surface area contributed by atoms with Crippen molar-refractivity contribution in [3.05, 3.63) is 20.8 Å². The Morgan fingerprint density at radius 2 is 2.12 bits per heavy atom. The smallest absolute Gasteiger partial charge is 0.338 e. The molecule has 0 spiro atoms. The fourth-order valence-electron chi connectivity index (χ4n) is 1.96. The molecule has 1 unspecified atom stereocenters. The van der Waals surface area contributed by atoms with Crippen LogP contribution in [-0.4, -0.2) is 18.7 Å². The van der Waals surface area contributed by atoms with E-state index >= 15 is 0 Å². The molecule has 1 aliphatic rings. The molecule has 0 saturated carbocycles. The van der Waals surface area contributed by atoms with E-state index in [1.54, 1.807) is 13.8 Å². The lowest BCUT2D eigenvalue weighted by molar-refractivity contribution is -0.139. The van der Waals surface area contributed by atoms with E-state index < -0.39 is 5.41 Å². The lowest BCUT2D eigenvalue weighted by Gasteiger charge is -2.25. The van der Waals surface area contributed by atoms with E-state index in [1.807, 2.05) is 19.9 Å². The first-order chi connectivity index (χ1) is 7.80. The van der Waals surface area contributed by atoms with Gasteiger partial charge in [-0.25, -0.2) is 4.79 Å². The summed E-state index contributed by atoms with van der Waals surface area (Å²) in [7, 11) is 0. The van der Waals surface area contributed by atoms with Gasteiger partial charge < -0.3 is 9.47 Å². The van der Waals surface area contributed by atoms with Crippen LogP contribution in [0.5, 0.6) is 0 Å². The number of hydrogen-bond donors (Lipinski definition) is 0. The van der Waals surface area contributed by atoms with Crippen LogP contribution in [0.1, 0.15) is 27.7 Å². The molecule has 5 heteroatoms. The molecular formula is C12H16Br2O3. The number of ether oxygens (including phenoxy) is 2. The Morgan fingerprint density at radius 1 is 1.53 bits per heavy atom. The fourth-order valence-corrected chi connectivity index (χ4v) is 2.44. The molecule has 0 amide bonds. The van der Waals surface area contributed by atoms with Gasteiger partial charge in [0, 0.05) is 5.41 Å². The summed E-state index contributed by atoms with van der Waals surface area (Å²) in [6.45, 7) is 7.90. The van der Waals surface area contributed by atoms with Gasteiger partial charge in [0.2, 0.25) is 0 Å².